The van der Waals surface area contributed by atoms with E-state index in [0.717, 1.165) is 22.3 Å². The molecule has 0 bridgehead atoms. The van der Waals surface area contributed by atoms with Crippen molar-refractivity contribution in [1.82, 2.24) is 0 Å². The van der Waals surface area contributed by atoms with Gasteiger partial charge in [0.25, 0.3) is 0 Å². The number of allylic oxidation sites excluding steroid dienone is 4. The van der Waals surface area contributed by atoms with Gasteiger partial charge < -0.3 is 9.05 Å². The van der Waals surface area contributed by atoms with Crippen LogP contribution in [0, 0.1) is 0 Å². The molecule has 0 N–H and O–H groups in total. The Morgan fingerprint density at radius 1 is 0.679 bits per heavy atom. The third-order valence-corrected chi connectivity index (χ3v) is 4.91. The third-order valence-electron chi connectivity index (χ3n) is 4.14. The summed E-state index contributed by atoms with van der Waals surface area (Å²) in [4.78, 5) is 0. The lowest BCUT2D eigenvalue weighted by Crippen LogP contribution is -1.97. The summed E-state index contributed by atoms with van der Waals surface area (Å²) in [6.07, 6.45) is 9.86. The van der Waals surface area contributed by atoms with Crippen LogP contribution < -0.4 is 9.05 Å². The van der Waals surface area contributed by atoms with Crippen molar-refractivity contribution in [3.8, 4) is 11.5 Å². The summed E-state index contributed by atoms with van der Waals surface area (Å²) in [6, 6.07) is 11.7. The van der Waals surface area contributed by atoms with Gasteiger partial charge >= 0.3 is 8.25 Å². The van der Waals surface area contributed by atoms with Crippen LogP contribution in [0.1, 0.15) is 22.3 Å². The molecular formula is C24H27O3P. The van der Waals surface area contributed by atoms with Crippen LogP contribution in [0.5, 0.6) is 11.5 Å². The van der Waals surface area contributed by atoms with E-state index in [4.69, 9.17) is 9.05 Å². The van der Waals surface area contributed by atoms with Gasteiger partial charge in [-0.25, -0.2) is 4.57 Å². The molecule has 0 saturated carbocycles. The van der Waals surface area contributed by atoms with Crippen molar-refractivity contribution >= 4 is 8.25 Å². The predicted octanol–water partition coefficient (Wildman–Crippen LogP) is 6.45. The molecule has 0 amide bonds. The fourth-order valence-corrected chi connectivity index (χ4v) is 3.60. The molecular weight excluding hydrogens is 367 g/mol. The molecule has 0 unspecified atom stereocenters. The Morgan fingerprint density at radius 3 is 1.43 bits per heavy atom. The van der Waals surface area contributed by atoms with E-state index in [1.807, 2.05) is 48.6 Å². The first kappa shape index (κ1) is 21.5. The number of rotatable bonds is 12. The summed E-state index contributed by atoms with van der Waals surface area (Å²) in [6.45, 7) is 15.1. The van der Waals surface area contributed by atoms with E-state index in [1.54, 1.807) is 12.2 Å². The standard InChI is InChI=1S/C24H27O3P/c1-5-9-19-13-15-21(11-7-3)23(17-19)26-28(25)27-24-18-20(10-6-2)14-16-22(24)12-8-4/h5-8,13-18,28H,1-4,9-12H2. The first-order chi connectivity index (χ1) is 13.6. The Hall–Kier alpha value is -2.77. The molecule has 28 heavy (non-hydrogen) atoms. The number of hydrogen-bond acceptors (Lipinski definition) is 3. The molecule has 0 aliphatic heterocycles. The van der Waals surface area contributed by atoms with Gasteiger partial charge in [-0.05, 0) is 60.1 Å². The quantitative estimate of drug-likeness (QED) is 0.307. The summed E-state index contributed by atoms with van der Waals surface area (Å²) < 4.78 is 24.1. The van der Waals surface area contributed by atoms with E-state index in [2.05, 4.69) is 26.3 Å². The maximum atomic E-state index is 12.7. The third kappa shape index (κ3) is 6.14. The van der Waals surface area contributed by atoms with Crippen molar-refractivity contribution in [1.29, 1.82) is 0 Å². The normalized spacial score (nSPS) is 10.3. The minimum atomic E-state index is -2.81. The lowest BCUT2D eigenvalue weighted by atomic mass is 10.1. The fraction of sp³-hybridized carbons (Fsp3) is 0.167. The Bertz CT molecular complexity index is 812. The van der Waals surface area contributed by atoms with E-state index in [0.29, 0.717) is 37.2 Å². The molecule has 0 spiro atoms. The van der Waals surface area contributed by atoms with Gasteiger partial charge in [-0.15, -0.1) is 26.3 Å². The van der Waals surface area contributed by atoms with Crippen molar-refractivity contribution in [3.05, 3.63) is 109 Å². The fourth-order valence-electron chi connectivity index (χ4n) is 2.82. The van der Waals surface area contributed by atoms with Gasteiger partial charge in [0.15, 0.2) is 0 Å². The van der Waals surface area contributed by atoms with Crippen molar-refractivity contribution < 1.29 is 13.6 Å². The van der Waals surface area contributed by atoms with Gasteiger partial charge in [0, 0.05) is 0 Å². The number of hydrogen-bond donors (Lipinski definition) is 0. The molecule has 0 saturated heterocycles. The molecule has 0 heterocycles. The highest BCUT2D eigenvalue weighted by molar-refractivity contribution is 7.34. The smallest absolute Gasteiger partial charge is 0.418 e. The molecule has 0 aliphatic carbocycles. The van der Waals surface area contributed by atoms with Crippen molar-refractivity contribution in [2.45, 2.75) is 25.7 Å². The van der Waals surface area contributed by atoms with E-state index in [9.17, 15) is 4.57 Å². The molecule has 0 aromatic heterocycles. The Balaban J connectivity index is 2.25. The minimum Gasteiger partial charge on any atom is -0.418 e. The molecule has 146 valence electrons. The molecule has 4 heteroatoms. The average Bonchev–Trinajstić information content (AvgIpc) is 2.66. The summed E-state index contributed by atoms with van der Waals surface area (Å²) in [5, 5.41) is 0. The predicted molar refractivity (Wildman–Crippen MR) is 119 cm³/mol. The zero-order valence-corrected chi connectivity index (χ0v) is 17.2. The van der Waals surface area contributed by atoms with Crippen LogP contribution in [0.3, 0.4) is 0 Å². The second kappa shape index (κ2) is 11.2. The second-order valence-corrected chi connectivity index (χ2v) is 7.22. The first-order valence-electron chi connectivity index (χ1n) is 9.18. The van der Waals surface area contributed by atoms with Gasteiger partial charge in [-0.2, -0.15) is 0 Å². The summed E-state index contributed by atoms with van der Waals surface area (Å²) >= 11 is 0. The molecule has 2 aromatic carbocycles. The Morgan fingerprint density at radius 2 is 1.07 bits per heavy atom. The van der Waals surface area contributed by atoms with Crippen LogP contribution in [0.15, 0.2) is 87.0 Å². The monoisotopic (exact) mass is 394 g/mol. The topological polar surface area (TPSA) is 35.5 Å². The Kier molecular flexibility index (Phi) is 8.58. The summed E-state index contributed by atoms with van der Waals surface area (Å²) in [7, 11) is -2.81. The molecule has 0 radical (unpaired) electrons. The van der Waals surface area contributed by atoms with Crippen LogP contribution in [0.2, 0.25) is 0 Å². The number of benzene rings is 2. The van der Waals surface area contributed by atoms with Crippen molar-refractivity contribution in [2.75, 3.05) is 0 Å². The van der Waals surface area contributed by atoms with Gasteiger partial charge in [-0.3, -0.25) is 0 Å². The maximum absolute atomic E-state index is 12.7. The van der Waals surface area contributed by atoms with Crippen molar-refractivity contribution in [3.63, 3.8) is 0 Å². The highest BCUT2D eigenvalue weighted by atomic mass is 31.1. The van der Waals surface area contributed by atoms with Crippen molar-refractivity contribution in [2.24, 2.45) is 0 Å². The van der Waals surface area contributed by atoms with Gasteiger partial charge in [0.1, 0.15) is 11.5 Å². The zero-order chi connectivity index (χ0) is 20.4. The van der Waals surface area contributed by atoms with E-state index in [-0.39, 0.29) is 0 Å². The molecule has 2 rings (SSSR count). The van der Waals surface area contributed by atoms with Crippen LogP contribution in [0.4, 0.5) is 0 Å². The van der Waals surface area contributed by atoms with E-state index in [1.165, 1.54) is 0 Å². The van der Waals surface area contributed by atoms with Gasteiger partial charge in [0.2, 0.25) is 0 Å². The molecule has 0 atom stereocenters. The van der Waals surface area contributed by atoms with Crippen LogP contribution in [-0.4, -0.2) is 0 Å². The zero-order valence-electron chi connectivity index (χ0n) is 16.2. The van der Waals surface area contributed by atoms with E-state index < -0.39 is 8.25 Å². The lowest BCUT2D eigenvalue weighted by Gasteiger charge is -2.15. The average molecular weight is 394 g/mol. The van der Waals surface area contributed by atoms with E-state index >= 15 is 0 Å². The van der Waals surface area contributed by atoms with Crippen LogP contribution in [0.25, 0.3) is 0 Å². The largest absolute Gasteiger partial charge is 0.418 e. The highest BCUT2D eigenvalue weighted by Crippen LogP contribution is 2.36. The van der Waals surface area contributed by atoms with Crippen LogP contribution in [-0.2, 0) is 30.2 Å². The van der Waals surface area contributed by atoms with Crippen LogP contribution >= 0.6 is 8.25 Å². The SMILES string of the molecule is C=CCc1ccc(CC=C)c(O[PH](=O)Oc2cc(CC=C)ccc2CC=C)c1. The highest BCUT2D eigenvalue weighted by Gasteiger charge is 2.12. The lowest BCUT2D eigenvalue weighted by molar-refractivity contribution is 0.412. The van der Waals surface area contributed by atoms with Gasteiger partial charge in [-0.1, -0.05) is 48.6 Å². The molecule has 3 nitrogen and oxygen atoms in total. The van der Waals surface area contributed by atoms with Gasteiger partial charge in [0.05, 0.1) is 0 Å². The second-order valence-electron chi connectivity index (χ2n) is 6.31. The molecule has 0 aliphatic rings. The molecule has 0 fully saturated rings. The molecule has 2 aromatic rings. The minimum absolute atomic E-state index is 0.552. The summed E-state index contributed by atoms with van der Waals surface area (Å²) in [5.74, 6) is 1.10. The Labute approximate surface area is 168 Å². The maximum Gasteiger partial charge on any atom is 0.418 e. The summed E-state index contributed by atoms with van der Waals surface area (Å²) in [5.41, 5.74) is 3.90. The first-order valence-corrected chi connectivity index (χ1v) is 10.4.